The second-order valence-electron chi connectivity index (χ2n) is 7.69. The van der Waals surface area contributed by atoms with Crippen LogP contribution < -0.4 is 10.6 Å². The third-order valence-electron chi connectivity index (χ3n) is 5.39. The first-order chi connectivity index (χ1) is 14.1. The molecule has 2 aromatic rings. The molecule has 0 saturated heterocycles. The average Bonchev–Trinajstić information content (AvgIpc) is 3.40. The van der Waals surface area contributed by atoms with Crippen molar-refractivity contribution in [3.63, 3.8) is 0 Å². The van der Waals surface area contributed by atoms with Crippen molar-refractivity contribution in [1.29, 1.82) is 0 Å². The molecule has 1 aliphatic carbocycles. The number of amides is 1. The SMILES string of the molecule is CCNC(=NCc1nncn1-c1ccccc1)NCC1(C(=O)N(C)C)CCCC1. The monoisotopic (exact) mass is 397 g/mol. The van der Waals surface area contributed by atoms with Crippen LogP contribution in [-0.2, 0) is 11.3 Å². The summed E-state index contributed by atoms with van der Waals surface area (Å²) in [6, 6.07) is 9.97. The zero-order valence-electron chi connectivity index (χ0n) is 17.6. The maximum Gasteiger partial charge on any atom is 0.230 e. The second-order valence-corrected chi connectivity index (χ2v) is 7.69. The Morgan fingerprint density at radius 2 is 1.93 bits per heavy atom. The molecule has 2 N–H and O–H groups in total. The van der Waals surface area contributed by atoms with Gasteiger partial charge in [-0.1, -0.05) is 31.0 Å². The molecule has 0 spiro atoms. The quantitative estimate of drug-likeness (QED) is 0.551. The molecule has 0 bridgehead atoms. The van der Waals surface area contributed by atoms with Crippen LogP contribution in [0.15, 0.2) is 41.7 Å². The van der Waals surface area contributed by atoms with Gasteiger partial charge in [-0.3, -0.25) is 9.36 Å². The Morgan fingerprint density at radius 3 is 2.59 bits per heavy atom. The molecule has 156 valence electrons. The van der Waals surface area contributed by atoms with E-state index < -0.39 is 0 Å². The highest BCUT2D eigenvalue weighted by Crippen LogP contribution is 2.38. The van der Waals surface area contributed by atoms with E-state index >= 15 is 0 Å². The number of hydrogen-bond donors (Lipinski definition) is 2. The molecular formula is C21H31N7O. The molecule has 3 rings (SSSR count). The van der Waals surface area contributed by atoms with Gasteiger partial charge in [0, 0.05) is 32.9 Å². The minimum atomic E-state index is -0.343. The summed E-state index contributed by atoms with van der Waals surface area (Å²) in [5.74, 6) is 1.64. The molecule has 0 radical (unpaired) electrons. The third-order valence-corrected chi connectivity index (χ3v) is 5.39. The van der Waals surface area contributed by atoms with Crippen molar-refractivity contribution >= 4 is 11.9 Å². The summed E-state index contributed by atoms with van der Waals surface area (Å²) in [4.78, 5) is 19.2. The van der Waals surface area contributed by atoms with Crippen LogP contribution in [0.2, 0.25) is 0 Å². The van der Waals surface area contributed by atoms with E-state index in [2.05, 4.69) is 25.8 Å². The van der Waals surface area contributed by atoms with Crippen molar-refractivity contribution in [1.82, 2.24) is 30.3 Å². The highest BCUT2D eigenvalue weighted by Gasteiger charge is 2.42. The molecule has 0 unspecified atom stereocenters. The number of hydrogen-bond acceptors (Lipinski definition) is 4. The summed E-state index contributed by atoms with van der Waals surface area (Å²) in [6.07, 6.45) is 5.71. The van der Waals surface area contributed by atoms with Crippen LogP contribution in [0.1, 0.15) is 38.4 Å². The van der Waals surface area contributed by atoms with Crippen molar-refractivity contribution in [3.05, 3.63) is 42.5 Å². The lowest BCUT2D eigenvalue weighted by Crippen LogP contribution is -2.49. The Hall–Kier alpha value is -2.90. The highest BCUT2D eigenvalue weighted by molar-refractivity contribution is 5.85. The molecule has 1 saturated carbocycles. The van der Waals surface area contributed by atoms with Crippen LogP contribution in [0.4, 0.5) is 0 Å². The molecule has 0 atom stereocenters. The number of carbonyl (C=O) groups excluding carboxylic acids is 1. The third kappa shape index (κ3) is 4.93. The summed E-state index contributed by atoms with van der Waals surface area (Å²) < 4.78 is 1.93. The molecular weight excluding hydrogens is 366 g/mol. The fraction of sp³-hybridized carbons (Fsp3) is 0.524. The second kappa shape index (κ2) is 9.54. The lowest BCUT2D eigenvalue weighted by atomic mass is 9.84. The standard InChI is InChI=1S/C21H31N7O/c1-4-22-20(24-15-21(12-8-9-13-21)19(29)27(2)3)23-14-18-26-25-16-28(18)17-10-6-5-7-11-17/h5-7,10-11,16H,4,8-9,12-15H2,1-3H3,(H2,22,23,24). The number of benzene rings is 1. The van der Waals surface area contributed by atoms with E-state index in [9.17, 15) is 4.79 Å². The first-order valence-electron chi connectivity index (χ1n) is 10.2. The number of aromatic nitrogens is 3. The van der Waals surface area contributed by atoms with Crippen molar-refractivity contribution < 1.29 is 4.79 Å². The van der Waals surface area contributed by atoms with E-state index in [1.54, 1.807) is 11.2 Å². The summed E-state index contributed by atoms with van der Waals surface area (Å²) in [5.41, 5.74) is 0.658. The van der Waals surface area contributed by atoms with Gasteiger partial charge < -0.3 is 15.5 Å². The molecule has 29 heavy (non-hydrogen) atoms. The molecule has 8 nitrogen and oxygen atoms in total. The topological polar surface area (TPSA) is 87.4 Å². The van der Waals surface area contributed by atoms with E-state index in [-0.39, 0.29) is 11.3 Å². The maximum absolute atomic E-state index is 12.8. The lowest BCUT2D eigenvalue weighted by Gasteiger charge is -2.31. The van der Waals surface area contributed by atoms with Gasteiger partial charge in [0.2, 0.25) is 5.91 Å². The fourth-order valence-electron chi connectivity index (χ4n) is 3.91. The molecule has 0 aliphatic heterocycles. The number of carbonyl (C=O) groups is 1. The van der Waals surface area contributed by atoms with E-state index in [4.69, 9.17) is 0 Å². The lowest BCUT2D eigenvalue weighted by molar-refractivity contribution is -0.138. The number of guanidine groups is 1. The maximum atomic E-state index is 12.8. The number of nitrogens with one attached hydrogen (secondary N) is 2. The summed E-state index contributed by atoms with van der Waals surface area (Å²) in [5, 5.41) is 14.9. The Kier molecular flexibility index (Phi) is 6.85. The van der Waals surface area contributed by atoms with Gasteiger partial charge in [-0.05, 0) is 31.9 Å². The van der Waals surface area contributed by atoms with Crippen LogP contribution in [0.5, 0.6) is 0 Å². The number of aliphatic imine (C=N–C) groups is 1. The van der Waals surface area contributed by atoms with Gasteiger partial charge in [0.05, 0.1) is 5.41 Å². The number of nitrogens with zero attached hydrogens (tertiary/aromatic N) is 5. The largest absolute Gasteiger partial charge is 0.357 e. The Balaban J connectivity index is 1.71. The molecule has 1 aromatic heterocycles. The van der Waals surface area contributed by atoms with Crippen LogP contribution in [0.25, 0.3) is 5.69 Å². The molecule has 1 aromatic carbocycles. The number of para-hydroxylation sites is 1. The Morgan fingerprint density at radius 1 is 1.21 bits per heavy atom. The average molecular weight is 398 g/mol. The van der Waals surface area contributed by atoms with Gasteiger partial charge in [0.1, 0.15) is 12.9 Å². The van der Waals surface area contributed by atoms with Crippen LogP contribution in [0.3, 0.4) is 0 Å². The van der Waals surface area contributed by atoms with Gasteiger partial charge in [-0.15, -0.1) is 10.2 Å². The van der Waals surface area contributed by atoms with Gasteiger partial charge in [0.25, 0.3) is 0 Å². The summed E-state index contributed by atoms with van der Waals surface area (Å²) in [6.45, 7) is 3.74. The van der Waals surface area contributed by atoms with Gasteiger partial charge in [0.15, 0.2) is 11.8 Å². The highest BCUT2D eigenvalue weighted by atomic mass is 16.2. The predicted octanol–water partition coefficient (Wildman–Crippen LogP) is 1.97. The minimum absolute atomic E-state index is 0.196. The zero-order chi connectivity index (χ0) is 20.7. The predicted molar refractivity (Wildman–Crippen MR) is 114 cm³/mol. The van der Waals surface area contributed by atoms with E-state index in [1.807, 2.05) is 55.9 Å². The molecule has 1 aliphatic rings. The van der Waals surface area contributed by atoms with Crippen LogP contribution >= 0.6 is 0 Å². The van der Waals surface area contributed by atoms with Crippen LogP contribution in [-0.4, -0.2) is 58.7 Å². The van der Waals surface area contributed by atoms with Crippen molar-refractivity contribution in [2.24, 2.45) is 10.4 Å². The molecule has 1 heterocycles. The van der Waals surface area contributed by atoms with Crippen LogP contribution in [0, 0.1) is 5.41 Å². The van der Waals surface area contributed by atoms with Crippen molar-refractivity contribution in [3.8, 4) is 5.69 Å². The normalized spacial score (nSPS) is 15.9. The van der Waals surface area contributed by atoms with Gasteiger partial charge in [-0.2, -0.15) is 0 Å². The fourth-order valence-corrected chi connectivity index (χ4v) is 3.91. The van der Waals surface area contributed by atoms with Crippen molar-refractivity contribution in [2.75, 3.05) is 27.2 Å². The van der Waals surface area contributed by atoms with Gasteiger partial charge >= 0.3 is 0 Å². The van der Waals surface area contributed by atoms with Gasteiger partial charge in [-0.25, -0.2) is 4.99 Å². The molecule has 8 heteroatoms. The van der Waals surface area contributed by atoms with E-state index in [0.717, 1.165) is 43.7 Å². The number of rotatable bonds is 7. The van der Waals surface area contributed by atoms with Crippen molar-refractivity contribution in [2.45, 2.75) is 39.2 Å². The first-order valence-corrected chi connectivity index (χ1v) is 10.2. The summed E-state index contributed by atoms with van der Waals surface area (Å²) in [7, 11) is 3.66. The van der Waals surface area contributed by atoms with E-state index in [1.165, 1.54) is 0 Å². The smallest absolute Gasteiger partial charge is 0.230 e. The first kappa shape index (κ1) is 20.8. The Bertz CT molecular complexity index is 823. The summed E-state index contributed by atoms with van der Waals surface area (Å²) >= 11 is 0. The minimum Gasteiger partial charge on any atom is -0.357 e. The molecule has 1 amide bonds. The molecule has 1 fully saturated rings. The Labute approximate surface area is 172 Å². The van der Waals surface area contributed by atoms with E-state index in [0.29, 0.717) is 19.0 Å². The zero-order valence-corrected chi connectivity index (χ0v) is 17.6.